The molecule has 1 aromatic heterocycles. The quantitative estimate of drug-likeness (QED) is 0.824. The lowest BCUT2D eigenvalue weighted by Crippen LogP contribution is -2.59. The summed E-state index contributed by atoms with van der Waals surface area (Å²) >= 11 is 0. The molecule has 4 fully saturated rings. The van der Waals surface area contributed by atoms with Crippen LogP contribution in [0.1, 0.15) is 51.1 Å². The summed E-state index contributed by atoms with van der Waals surface area (Å²) in [5.74, 6) is 1.86. The van der Waals surface area contributed by atoms with Gasteiger partial charge < -0.3 is 10.7 Å². The Morgan fingerprint density at radius 1 is 1.28 bits per heavy atom. The molecule has 1 heterocycles. The van der Waals surface area contributed by atoms with Gasteiger partial charge in [0.25, 0.3) is 0 Å². The Labute approximate surface area is 109 Å². The predicted molar refractivity (Wildman–Crippen MR) is 73.2 cm³/mol. The molecule has 4 bridgehead atoms. The summed E-state index contributed by atoms with van der Waals surface area (Å²) in [6.45, 7) is 2.25. The molecule has 2 heteroatoms. The van der Waals surface area contributed by atoms with Gasteiger partial charge in [0.2, 0.25) is 0 Å². The highest BCUT2D eigenvalue weighted by atomic mass is 14.8. The Bertz CT molecular complexity index is 432. The summed E-state index contributed by atoms with van der Waals surface area (Å²) in [6.07, 6.45) is 10.5. The SMILES string of the molecule is CC(N)C12CC3CC(CC(c4ccc[nH]4)(C3)C1)C2. The van der Waals surface area contributed by atoms with Gasteiger partial charge in [0.15, 0.2) is 0 Å². The monoisotopic (exact) mass is 244 g/mol. The van der Waals surface area contributed by atoms with Crippen LogP contribution < -0.4 is 5.73 Å². The first kappa shape index (κ1) is 11.1. The summed E-state index contributed by atoms with van der Waals surface area (Å²) in [4.78, 5) is 3.51. The number of nitrogens with one attached hydrogen (secondary N) is 1. The van der Waals surface area contributed by atoms with Crippen LogP contribution in [0.15, 0.2) is 18.3 Å². The smallest absolute Gasteiger partial charge is 0.0210 e. The molecule has 98 valence electrons. The molecule has 4 saturated carbocycles. The van der Waals surface area contributed by atoms with E-state index in [1.807, 2.05) is 0 Å². The molecule has 18 heavy (non-hydrogen) atoms. The van der Waals surface area contributed by atoms with Crippen LogP contribution in [0.2, 0.25) is 0 Å². The highest BCUT2D eigenvalue weighted by molar-refractivity contribution is 5.25. The summed E-state index contributed by atoms with van der Waals surface area (Å²) in [5.41, 5.74) is 8.75. The molecule has 3 atom stereocenters. The van der Waals surface area contributed by atoms with Crippen LogP contribution in [0.25, 0.3) is 0 Å². The van der Waals surface area contributed by atoms with E-state index < -0.39 is 0 Å². The molecule has 0 radical (unpaired) electrons. The van der Waals surface area contributed by atoms with E-state index in [1.165, 1.54) is 44.2 Å². The molecule has 0 saturated heterocycles. The second-order valence-electron chi connectivity index (χ2n) is 7.48. The molecular formula is C16H24N2. The summed E-state index contributed by atoms with van der Waals surface area (Å²) in [7, 11) is 0. The van der Waals surface area contributed by atoms with Gasteiger partial charge in [-0.3, -0.25) is 0 Å². The van der Waals surface area contributed by atoms with Crippen LogP contribution in [-0.4, -0.2) is 11.0 Å². The van der Waals surface area contributed by atoms with E-state index >= 15 is 0 Å². The van der Waals surface area contributed by atoms with Gasteiger partial charge in [0.1, 0.15) is 0 Å². The lowest BCUT2D eigenvalue weighted by atomic mass is 9.42. The number of aromatic amines is 1. The fourth-order valence-electron chi connectivity index (χ4n) is 5.84. The van der Waals surface area contributed by atoms with Crippen LogP contribution in [0, 0.1) is 17.3 Å². The molecule has 0 aromatic carbocycles. The number of nitrogens with two attached hydrogens (primary N) is 1. The highest BCUT2D eigenvalue weighted by Gasteiger charge is 2.59. The van der Waals surface area contributed by atoms with Crippen molar-refractivity contribution in [1.82, 2.24) is 4.98 Å². The van der Waals surface area contributed by atoms with Crippen molar-refractivity contribution in [1.29, 1.82) is 0 Å². The van der Waals surface area contributed by atoms with Crippen LogP contribution in [0.4, 0.5) is 0 Å². The van der Waals surface area contributed by atoms with Crippen LogP contribution in [0.3, 0.4) is 0 Å². The highest BCUT2D eigenvalue weighted by Crippen LogP contribution is 2.66. The minimum atomic E-state index is 0.359. The number of aromatic nitrogens is 1. The maximum absolute atomic E-state index is 6.39. The molecule has 2 nitrogen and oxygen atoms in total. The normalized spacial score (nSPS) is 47.4. The van der Waals surface area contributed by atoms with Crippen molar-refractivity contribution in [3.05, 3.63) is 24.0 Å². The lowest BCUT2D eigenvalue weighted by Gasteiger charge is -2.63. The third kappa shape index (κ3) is 1.33. The van der Waals surface area contributed by atoms with Crippen molar-refractivity contribution >= 4 is 0 Å². The van der Waals surface area contributed by atoms with Gasteiger partial charge in [-0.2, -0.15) is 0 Å². The molecule has 3 unspecified atom stereocenters. The Balaban J connectivity index is 1.79. The van der Waals surface area contributed by atoms with E-state index in [-0.39, 0.29) is 0 Å². The number of hydrogen-bond donors (Lipinski definition) is 2. The molecular weight excluding hydrogens is 220 g/mol. The van der Waals surface area contributed by atoms with Crippen molar-refractivity contribution in [2.75, 3.05) is 0 Å². The average Bonchev–Trinajstić information content (AvgIpc) is 2.80. The van der Waals surface area contributed by atoms with E-state index in [0.29, 0.717) is 16.9 Å². The molecule has 0 amide bonds. The zero-order valence-corrected chi connectivity index (χ0v) is 11.3. The van der Waals surface area contributed by atoms with Crippen LogP contribution >= 0.6 is 0 Å². The Kier molecular flexibility index (Phi) is 2.10. The van der Waals surface area contributed by atoms with Gasteiger partial charge in [0.05, 0.1) is 0 Å². The van der Waals surface area contributed by atoms with Gasteiger partial charge >= 0.3 is 0 Å². The Morgan fingerprint density at radius 2 is 2.00 bits per heavy atom. The first-order valence-electron chi connectivity index (χ1n) is 7.51. The zero-order chi connectivity index (χ0) is 12.4. The van der Waals surface area contributed by atoms with Crippen molar-refractivity contribution in [2.24, 2.45) is 23.0 Å². The van der Waals surface area contributed by atoms with Gasteiger partial charge in [-0.05, 0) is 74.8 Å². The summed E-state index contributed by atoms with van der Waals surface area (Å²) < 4.78 is 0. The lowest BCUT2D eigenvalue weighted by molar-refractivity contribution is -0.0834. The third-order valence-electron chi connectivity index (χ3n) is 6.24. The molecule has 4 aliphatic rings. The molecule has 1 aromatic rings. The average molecular weight is 244 g/mol. The largest absolute Gasteiger partial charge is 0.365 e. The Hall–Kier alpha value is -0.760. The number of H-pyrrole nitrogens is 1. The minimum Gasteiger partial charge on any atom is -0.365 e. The van der Waals surface area contributed by atoms with E-state index in [1.54, 1.807) is 0 Å². The van der Waals surface area contributed by atoms with Gasteiger partial charge in [-0.1, -0.05) is 0 Å². The first-order chi connectivity index (χ1) is 8.62. The third-order valence-corrected chi connectivity index (χ3v) is 6.24. The Morgan fingerprint density at radius 3 is 2.56 bits per heavy atom. The van der Waals surface area contributed by atoms with Crippen molar-refractivity contribution in [3.8, 4) is 0 Å². The summed E-state index contributed by atoms with van der Waals surface area (Å²) in [5, 5.41) is 0. The van der Waals surface area contributed by atoms with Gasteiger partial charge in [0, 0.05) is 23.3 Å². The first-order valence-corrected chi connectivity index (χ1v) is 7.51. The predicted octanol–water partition coefficient (Wildman–Crippen LogP) is 3.20. The van der Waals surface area contributed by atoms with Crippen molar-refractivity contribution in [2.45, 2.75) is 56.9 Å². The van der Waals surface area contributed by atoms with Crippen LogP contribution in [0.5, 0.6) is 0 Å². The van der Waals surface area contributed by atoms with Crippen molar-refractivity contribution in [3.63, 3.8) is 0 Å². The fraction of sp³-hybridized carbons (Fsp3) is 0.750. The molecule has 0 spiro atoms. The van der Waals surface area contributed by atoms with Gasteiger partial charge in [-0.25, -0.2) is 0 Å². The minimum absolute atomic E-state index is 0.359. The topological polar surface area (TPSA) is 41.8 Å². The molecule has 3 N–H and O–H groups in total. The van der Waals surface area contributed by atoms with E-state index in [9.17, 15) is 0 Å². The fourth-order valence-corrected chi connectivity index (χ4v) is 5.84. The standard InChI is InChI=1S/C16H24N2/c1-11(17)15-6-12-5-13(7-15)9-16(8-12,10-15)14-3-2-4-18-14/h2-4,11-13,18H,5-10,17H2,1H3. The van der Waals surface area contributed by atoms with Gasteiger partial charge in [-0.15, -0.1) is 0 Å². The summed E-state index contributed by atoms with van der Waals surface area (Å²) in [6, 6.07) is 4.83. The number of rotatable bonds is 2. The maximum atomic E-state index is 6.39. The van der Waals surface area contributed by atoms with Crippen LogP contribution in [-0.2, 0) is 5.41 Å². The van der Waals surface area contributed by atoms with Crippen molar-refractivity contribution < 1.29 is 0 Å². The zero-order valence-electron chi connectivity index (χ0n) is 11.3. The molecule has 5 rings (SSSR count). The van der Waals surface area contributed by atoms with E-state index in [0.717, 1.165) is 11.8 Å². The van der Waals surface area contributed by atoms with E-state index in [4.69, 9.17) is 5.73 Å². The van der Waals surface area contributed by atoms with E-state index in [2.05, 4.69) is 30.2 Å². The molecule has 0 aliphatic heterocycles. The number of hydrogen-bond acceptors (Lipinski definition) is 1. The molecule has 4 aliphatic carbocycles. The second kappa shape index (κ2) is 3.41. The second-order valence-corrected chi connectivity index (χ2v) is 7.48. The maximum Gasteiger partial charge on any atom is 0.0210 e.